The molecule has 0 saturated carbocycles. The van der Waals surface area contributed by atoms with Gasteiger partial charge in [-0.2, -0.15) is 0 Å². The van der Waals surface area contributed by atoms with Crippen molar-refractivity contribution >= 4 is 11.6 Å². The van der Waals surface area contributed by atoms with E-state index in [4.69, 9.17) is 16.0 Å². The number of hydrogen-bond donors (Lipinski definition) is 0. The Morgan fingerprint density at radius 1 is 1.17 bits per heavy atom. The molecule has 0 unspecified atom stereocenters. The number of rotatable bonds is 1. The molecule has 2 nitrogen and oxygen atoms in total. The van der Waals surface area contributed by atoms with E-state index in [-0.39, 0.29) is 0 Å². The SMILES string of the molecule is Clc1ccc(-c2cnco2)cc1. The van der Waals surface area contributed by atoms with Crippen molar-refractivity contribution in [2.45, 2.75) is 0 Å². The molecule has 0 fully saturated rings. The van der Waals surface area contributed by atoms with Gasteiger partial charge in [-0.1, -0.05) is 11.6 Å². The monoisotopic (exact) mass is 179 g/mol. The average Bonchev–Trinajstić information content (AvgIpc) is 2.58. The van der Waals surface area contributed by atoms with Gasteiger partial charge in [0.1, 0.15) is 0 Å². The fraction of sp³-hybridized carbons (Fsp3) is 0. The Hall–Kier alpha value is -1.28. The van der Waals surface area contributed by atoms with E-state index in [2.05, 4.69) is 4.98 Å². The van der Waals surface area contributed by atoms with Crippen LogP contribution in [0.15, 0.2) is 41.3 Å². The van der Waals surface area contributed by atoms with Crippen LogP contribution < -0.4 is 0 Å². The van der Waals surface area contributed by atoms with Crippen LogP contribution in [0.2, 0.25) is 5.02 Å². The highest BCUT2D eigenvalue weighted by Crippen LogP contribution is 2.20. The van der Waals surface area contributed by atoms with Crippen molar-refractivity contribution in [3.63, 3.8) is 0 Å². The van der Waals surface area contributed by atoms with Gasteiger partial charge in [0.15, 0.2) is 12.2 Å². The zero-order valence-electron chi connectivity index (χ0n) is 6.20. The van der Waals surface area contributed by atoms with Gasteiger partial charge in [-0.15, -0.1) is 0 Å². The molecule has 0 spiro atoms. The summed E-state index contributed by atoms with van der Waals surface area (Å²) in [6, 6.07) is 7.42. The molecule has 0 N–H and O–H groups in total. The molecule has 2 rings (SSSR count). The van der Waals surface area contributed by atoms with E-state index in [0.29, 0.717) is 0 Å². The summed E-state index contributed by atoms with van der Waals surface area (Å²) in [6.07, 6.45) is 3.08. The third-order valence-corrected chi connectivity index (χ3v) is 1.81. The number of hydrogen-bond acceptors (Lipinski definition) is 2. The summed E-state index contributed by atoms with van der Waals surface area (Å²) in [5, 5.41) is 0.721. The molecule has 0 bridgehead atoms. The van der Waals surface area contributed by atoms with Crippen LogP contribution in [0.1, 0.15) is 0 Å². The quantitative estimate of drug-likeness (QED) is 0.673. The maximum atomic E-state index is 5.73. The molecule has 0 radical (unpaired) electrons. The van der Waals surface area contributed by atoms with Gasteiger partial charge < -0.3 is 4.42 Å². The van der Waals surface area contributed by atoms with E-state index in [1.807, 2.05) is 24.3 Å². The highest BCUT2D eigenvalue weighted by molar-refractivity contribution is 6.30. The Balaban J connectivity index is 2.43. The molecule has 0 aliphatic rings. The molecule has 0 aliphatic heterocycles. The number of nitrogens with zero attached hydrogens (tertiary/aromatic N) is 1. The maximum absolute atomic E-state index is 5.73. The number of halogens is 1. The van der Waals surface area contributed by atoms with E-state index < -0.39 is 0 Å². The Kier molecular flexibility index (Phi) is 1.84. The van der Waals surface area contributed by atoms with Crippen molar-refractivity contribution in [2.75, 3.05) is 0 Å². The second kappa shape index (κ2) is 2.99. The molecule has 2 aromatic rings. The molecule has 0 atom stereocenters. The van der Waals surface area contributed by atoms with Crippen molar-refractivity contribution in [1.82, 2.24) is 4.98 Å². The summed E-state index contributed by atoms with van der Waals surface area (Å²) in [4.78, 5) is 3.82. The molecule has 12 heavy (non-hydrogen) atoms. The fourth-order valence-corrected chi connectivity index (χ4v) is 1.10. The average molecular weight is 180 g/mol. The second-order valence-electron chi connectivity index (χ2n) is 2.37. The first-order valence-corrected chi connectivity index (χ1v) is 3.88. The van der Waals surface area contributed by atoms with E-state index in [9.17, 15) is 0 Å². The van der Waals surface area contributed by atoms with Crippen LogP contribution in [0.5, 0.6) is 0 Å². The zero-order valence-corrected chi connectivity index (χ0v) is 6.95. The summed E-state index contributed by atoms with van der Waals surface area (Å²) in [7, 11) is 0. The van der Waals surface area contributed by atoms with E-state index in [1.165, 1.54) is 6.39 Å². The van der Waals surface area contributed by atoms with Crippen LogP contribution in [0.3, 0.4) is 0 Å². The lowest BCUT2D eigenvalue weighted by molar-refractivity contribution is 0.572. The Morgan fingerprint density at radius 2 is 1.92 bits per heavy atom. The van der Waals surface area contributed by atoms with Gasteiger partial charge in [0.05, 0.1) is 6.20 Å². The maximum Gasteiger partial charge on any atom is 0.181 e. The van der Waals surface area contributed by atoms with Gasteiger partial charge in [-0.3, -0.25) is 0 Å². The highest BCUT2D eigenvalue weighted by Gasteiger charge is 1.99. The van der Waals surface area contributed by atoms with Crippen molar-refractivity contribution in [1.29, 1.82) is 0 Å². The van der Waals surface area contributed by atoms with Crippen molar-refractivity contribution in [2.24, 2.45) is 0 Å². The first kappa shape index (κ1) is 7.37. The number of aromatic nitrogens is 1. The Morgan fingerprint density at radius 3 is 2.50 bits per heavy atom. The third-order valence-electron chi connectivity index (χ3n) is 1.56. The van der Waals surface area contributed by atoms with Gasteiger partial charge >= 0.3 is 0 Å². The lowest BCUT2D eigenvalue weighted by Crippen LogP contribution is -1.71. The predicted molar refractivity (Wildman–Crippen MR) is 46.9 cm³/mol. The molecule has 0 aliphatic carbocycles. The first-order chi connectivity index (χ1) is 5.86. The summed E-state index contributed by atoms with van der Waals surface area (Å²) >= 11 is 5.73. The molecular weight excluding hydrogens is 174 g/mol. The topological polar surface area (TPSA) is 26.0 Å². The lowest BCUT2D eigenvalue weighted by atomic mass is 10.2. The largest absolute Gasteiger partial charge is 0.444 e. The lowest BCUT2D eigenvalue weighted by Gasteiger charge is -1.94. The van der Waals surface area contributed by atoms with Gasteiger partial charge in [-0.05, 0) is 24.3 Å². The minimum absolute atomic E-state index is 0.721. The van der Waals surface area contributed by atoms with E-state index in [0.717, 1.165) is 16.3 Å². The van der Waals surface area contributed by atoms with Crippen LogP contribution in [0.25, 0.3) is 11.3 Å². The minimum atomic E-state index is 0.721. The third kappa shape index (κ3) is 1.34. The second-order valence-corrected chi connectivity index (χ2v) is 2.81. The number of oxazole rings is 1. The molecule has 1 heterocycles. The standard InChI is InChI=1S/C9H6ClNO/c10-8-3-1-7(2-4-8)9-5-11-6-12-9/h1-6H. The van der Waals surface area contributed by atoms with Crippen LogP contribution >= 0.6 is 11.6 Å². The van der Waals surface area contributed by atoms with E-state index >= 15 is 0 Å². The Bertz CT molecular complexity index is 353. The van der Waals surface area contributed by atoms with Gasteiger partial charge in [0.25, 0.3) is 0 Å². The summed E-state index contributed by atoms with van der Waals surface area (Å²) in [5.41, 5.74) is 0.983. The van der Waals surface area contributed by atoms with Crippen LogP contribution in [0.4, 0.5) is 0 Å². The van der Waals surface area contributed by atoms with E-state index in [1.54, 1.807) is 6.20 Å². The van der Waals surface area contributed by atoms with Crippen LogP contribution in [-0.4, -0.2) is 4.98 Å². The molecule has 0 saturated heterocycles. The molecule has 3 heteroatoms. The van der Waals surface area contributed by atoms with Gasteiger partial charge in [0.2, 0.25) is 0 Å². The van der Waals surface area contributed by atoms with Crippen LogP contribution in [-0.2, 0) is 0 Å². The smallest absolute Gasteiger partial charge is 0.181 e. The Labute approximate surface area is 74.8 Å². The zero-order chi connectivity index (χ0) is 8.39. The normalized spacial score (nSPS) is 10.1. The van der Waals surface area contributed by atoms with Gasteiger partial charge in [-0.25, -0.2) is 4.98 Å². The fourth-order valence-electron chi connectivity index (χ4n) is 0.972. The molecule has 1 aromatic heterocycles. The molecule has 1 aromatic carbocycles. The van der Waals surface area contributed by atoms with Crippen molar-refractivity contribution in [3.8, 4) is 11.3 Å². The summed E-state index contributed by atoms with van der Waals surface area (Å²) in [6.45, 7) is 0. The summed E-state index contributed by atoms with van der Waals surface area (Å²) in [5.74, 6) is 0.756. The number of benzene rings is 1. The van der Waals surface area contributed by atoms with Gasteiger partial charge in [0, 0.05) is 10.6 Å². The molecule has 60 valence electrons. The summed E-state index contributed by atoms with van der Waals surface area (Å²) < 4.78 is 5.11. The van der Waals surface area contributed by atoms with Crippen molar-refractivity contribution in [3.05, 3.63) is 41.9 Å². The molecule has 0 amide bonds. The van der Waals surface area contributed by atoms with Crippen LogP contribution in [0, 0.1) is 0 Å². The molecular formula is C9H6ClNO. The first-order valence-electron chi connectivity index (χ1n) is 3.51. The van der Waals surface area contributed by atoms with Crippen molar-refractivity contribution < 1.29 is 4.42 Å². The predicted octanol–water partition coefficient (Wildman–Crippen LogP) is 3.00. The highest BCUT2D eigenvalue weighted by atomic mass is 35.5. The minimum Gasteiger partial charge on any atom is -0.444 e.